The summed E-state index contributed by atoms with van der Waals surface area (Å²) < 4.78 is 0. The Morgan fingerprint density at radius 1 is 1.08 bits per heavy atom. The Hall–Kier alpha value is -2.28. The van der Waals surface area contributed by atoms with Crippen LogP contribution in [0.1, 0.15) is 6.92 Å². The molecule has 1 saturated heterocycles. The Kier molecular flexibility index (Phi) is 6.43. The van der Waals surface area contributed by atoms with Gasteiger partial charge in [0.25, 0.3) is 0 Å². The van der Waals surface area contributed by atoms with Gasteiger partial charge in [0.1, 0.15) is 0 Å². The van der Waals surface area contributed by atoms with Gasteiger partial charge in [0.2, 0.25) is 5.91 Å². The van der Waals surface area contributed by atoms with Crippen LogP contribution in [0.4, 0.5) is 16.2 Å². The number of amides is 3. The Bertz CT molecular complexity index is 551. The molecule has 0 bridgehead atoms. The predicted molar refractivity (Wildman–Crippen MR) is 96.5 cm³/mol. The van der Waals surface area contributed by atoms with Crippen molar-refractivity contribution in [1.82, 2.24) is 15.1 Å². The summed E-state index contributed by atoms with van der Waals surface area (Å²) in [5, 5.41) is 5.72. The van der Waals surface area contributed by atoms with Gasteiger partial charge < -0.3 is 20.4 Å². The monoisotopic (exact) mass is 333 g/mol. The second-order valence-electron chi connectivity index (χ2n) is 6.09. The number of piperazine rings is 1. The first kappa shape index (κ1) is 18.1. The van der Waals surface area contributed by atoms with Gasteiger partial charge in [-0.3, -0.25) is 9.69 Å². The molecule has 0 saturated carbocycles. The molecule has 0 unspecified atom stereocenters. The van der Waals surface area contributed by atoms with E-state index in [0.717, 1.165) is 11.4 Å². The predicted octanol–water partition coefficient (Wildman–Crippen LogP) is 1.04. The Morgan fingerprint density at radius 2 is 1.71 bits per heavy atom. The molecule has 1 aromatic carbocycles. The largest absolute Gasteiger partial charge is 0.378 e. The van der Waals surface area contributed by atoms with E-state index >= 15 is 0 Å². The molecular formula is C17H27N5O2. The molecule has 0 spiro atoms. The van der Waals surface area contributed by atoms with Crippen LogP contribution in [0.25, 0.3) is 0 Å². The van der Waals surface area contributed by atoms with Crippen LogP contribution in [0.3, 0.4) is 0 Å². The van der Waals surface area contributed by atoms with Gasteiger partial charge in [-0.15, -0.1) is 0 Å². The Balaban J connectivity index is 1.76. The van der Waals surface area contributed by atoms with Crippen molar-refractivity contribution in [3.05, 3.63) is 24.3 Å². The zero-order valence-corrected chi connectivity index (χ0v) is 14.7. The molecule has 2 rings (SSSR count). The number of carbonyl (C=O) groups excluding carboxylic acids is 2. The first-order chi connectivity index (χ1) is 11.5. The molecule has 1 aromatic rings. The molecule has 24 heavy (non-hydrogen) atoms. The average Bonchev–Trinajstić information content (AvgIpc) is 2.56. The van der Waals surface area contributed by atoms with Crippen LogP contribution in [0, 0.1) is 0 Å². The van der Waals surface area contributed by atoms with E-state index in [1.54, 1.807) is 4.90 Å². The number of nitrogens with one attached hydrogen (secondary N) is 2. The molecular weight excluding hydrogens is 306 g/mol. The van der Waals surface area contributed by atoms with E-state index in [1.165, 1.54) is 0 Å². The highest BCUT2D eigenvalue weighted by Gasteiger charge is 2.21. The van der Waals surface area contributed by atoms with Crippen molar-refractivity contribution < 1.29 is 9.59 Å². The number of rotatable bonds is 5. The highest BCUT2D eigenvalue weighted by molar-refractivity contribution is 5.92. The molecule has 2 N–H and O–H groups in total. The van der Waals surface area contributed by atoms with Crippen molar-refractivity contribution in [2.75, 3.05) is 63.6 Å². The summed E-state index contributed by atoms with van der Waals surface area (Å²) in [6.07, 6.45) is 0. The lowest BCUT2D eigenvalue weighted by molar-refractivity contribution is -0.117. The van der Waals surface area contributed by atoms with E-state index in [2.05, 4.69) is 15.5 Å². The summed E-state index contributed by atoms with van der Waals surface area (Å²) in [6.45, 7) is 5.61. The molecule has 0 radical (unpaired) electrons. The molecule has 1 fully saturated rings. The summed E-state index contributed by atoms with van der Waals surface area (Å²) in [5.74, 6) is -0.0286. The van der Waals surface area contributed by atoms with Crippen LogP contribution in [-0.4, -0.2) is 75.1 Å². The third-order valence-corrected chi connectivity index (χ3v) is 4.02. The highest BCUT2D eigenvalue weighted by Crippen LogP contribution is 2.15. The number of carbonyl (C=O) groups is 2. The van der Waals surface area contributed by atoms with Crippen LogP contribution in [-0.2, 0) is 4.79 Å². The van der Waals surface area contributed by atoms with Gasteiger partial charge in [-0.1, -0.05) is 0 Å². The number of hydrogen-bond donors (Lipinski definition) is 2. The topological polar surface area (TPSA) is 67.9 Å². The van der Waals surface area contributed by atoms with Crippen molar-refractivity contribution in [3.63, 3.8) is 0 Å². The van der Waals surface area contributed by atoms with Gasteiger partial charge in [-0.05, 0) is 31.2 Å². The van der Waals surface area contributed by atoms with E-state index in [4.69, 9.17) is 0 Å². The minimum atomic E-state index is -0.0286. The van der Waals surface area contributed by atoms with E-state index in [1.807, 2.05) is 50.2 Å². The number of nitrogens with zero attached hydrogens (tertiary/aromatic N) is 3. The molecule has 0 aromatic heterocycles. The van der Waals surface area contributed by atoms with Gasteiger partial charge in [-0.2, -0.15) is 0 Å². The third-order valence-electron chi connectivity index (χ3n) is 4.02. The molecule has 1 aliphatic heterocycles. The number of hydrogen-bond acceptors (Lipinski definition) is 4. The SMILES string of the molecule is CCNC(=O)N1CCN(CC(=O)Nc2ccc(N(C)C)cc2)CC1. The average molecular weight is 333 g/mol. The maximum Gasteiger partial charge on any atom is 0.317 e. The van der Waals surface area contributed by atoms with Crippen LogP contribution >= 0.6 is 0 Å². The molecule has 1 aliphatic rings. The number of anilines is 2. The Labute approximate surface area is 143 Å². The van der Waals surface area contributed by atoms with Gasteiger partial charge in [-0.25, -0.2) is 4.79 Å². The first-order valence-corrected chi connectivity index (χ1v) is 8.32. The fourth-order valence-electron chi connectivity index (χ4n) is 2.62. The molecule has 1 heterocycles. The van der Waals surface area contributed by atoms with Crippen LogP contribution in [0.2, 0.25) is 0 Å². The number of urea groups is 1. The van der Waals surface area contributed by atoms with Gasteiger partial charge >= 0.3 is 6.03 Å². The molecule has 0 aliphatic carbocycles. The third kappa shape index (κ3) is 5.13. The molecule has 7 nitrogen and oxygen atoms in total. The van der Waals surface area contributed by atoms with Gasteiger partial charge in [0.05, 0.1) is 6.54 Å². The van der Waals surface area contributed by atoms with Gasteiger partial charge in [0, 0.05) is 58.2 Å². The summed E-state index contributed by atoms with van der Waals surface area (Å²) in [5.41, 5.74) is 1.89. The molecule has 7 heteroatoms. The van der Waals surface area contributed by atoms with Crippen molar-refractivity contribution in [3.8, 4) is 0 Å². The fraction of sp³-hybridized carbons (Fsp3) is 0.529. The lowest BCUT2D eigenvalue weighted by atomic mass is 10.2. The molecule has 3 amide bonds. The quantitative estimate of drug-likeness (QED) is 0.845. The summed E-state index contributed by atoms with van der Waals surface area (Å²) >= 11 is 0. The van der Waals surface area contributed by atoms with E-state index in [9.17, 15) is 9.59 Å². The van der Waals surface area contributed by atoms with Crippen molar-refractivity contribution in [2.24, 2.45) is 0 Å². The smallest absolute Gasteiger partial charge is 0.317 e. The lowest BCUT2D eigenvalue weighted by Gasteiger charge is -2.34. The lowest BCUT2D eigenvalue weighted by Crippen LogP contribution is -2.52. The van der Waals surface area contributed by atoms with E-state index < -0.39 is 0 Å². The maximum atomic E-state index is 12.2. The highest BCUT2D eigenvalue weighted by atomic mass is 16.2. The standard InChI is InChI=1S/C17H27N5O2/c1-4-18-17(24)22-11-9-21(10-12-22)13-16(23)19-14-5-7-15(8-6-14)20(2)3/h5-8H,4,9-13H2,1-3H3,(H,18,24)(H,19,23). The van der Waals surface area contributed by atoms with Crippen molar-refractivity contribution in [1.29, 1.82) is 0 Å². The number of benzene rings is 1. The van der Waals surface area contributed by atoms with E-state index in [0.29, 0.717) is 39.3 Å². The zero-order valence-electron chi connectivity index (χ0n) is 14.7. The summed E-state index contributed by atoms with van der Waals surface area (Å²) in [7, 11) is 3.96. The zero-order chi connectivity index (χ0) is 17.5. The van der Waals surface area contributed by atoms with Crippen LogP contribution in [0.15, 0.2) is 24.3 Å². The minimum Gasteiger partial charge on any atom is -0.378 e. The van der Waals surface area contributed by atoms with Crippen LogP contribution < -0.4 is 15.5 Å². The minimum absolute atomic E-state index is 0.0254. The second-order valence-corrected chi connectivity index (χ2v) is 6.09. The Morgan fingerprint density at radius 3 is 2.25 bits per heavy atom. The normalized spacial score (nSPS) is 15.0. The van der Waals surface area contributed by atoms with Gasteiger partial charge in [0.15, 0.2) is 0 Å². The van der Waals surface area contributed by atoms with Crippen molar-refractivity contribution in [2.45, 2.75) is 6.92 Å². The summed E-state index contributed by atoms with van der Waals surface area (Å²) in [4.78, 5) is 29.8. The molecule has 0 atom stereocenters. The van der Waals surface area contributed by atoms with Crippen LogP contribution in [0.5, 0.6) is 0 Å². The maximum absolute atomic E-state index is 12.2. The van der Waals surface area contributed by atoms with E-state index in [-0.39, 0.29) is 11.9 Å². The second kappa shape index (κ2) is 8.54. The van der Waals surface area contributed by atoms with Crippen molar-refractivity contribution >= 4 is 23.3 Å². The molecule has 132 valence electrons. The fourth-order valence-corrected chi connectivity index (χ4v) is 2.62. The summed E-state index contributed by atoms with van der Waals surface area (Å²) in [6, 6.07) is 7.73. The first-order valence-electron chi connectivity index (χ1n) is 8.32.